The van der Waals surface area contributed by atoms with E-state index in [1.165, 1.54) is 0 Å². The van der Waals surface area contributed by atoms with E-state index in [0.29, 0.717) is 5.75 Å². The number of sulfonamides is 1. The van der Waals surface area contributed by atoms with Gasteiger partial charge in [0, 0.05) is 6.08 Å². The predicted molar refractivity (Wildman–Crippen MR) is 65.4 cm³/mol. The molecule has 7 heteroatoms. The molecule has 1 aliphatic heterocycles. The Morgan fingerprint density at radius 2 is 2.00 bits per heavy atom. The number of rotatable bonds is 2. The number of aryl methyl sites for hydroxylation is 1. The molecule has 0 bridgehead atoms. The highest BCUT2D eigenvalue weighted by atomic mass is 32.2. The van der Waals surface area contributed by atoms with E-state index < -0.39 is 21.0 Å². The molecule has 0 fully saturated rings. The van der Waals surface area contributed by atoms with E-state index in [1.54, 1.807) is 31.2 Å². The fraction of sp³-hybridized carbons (Fsp3) is 0.0909. The number of hydrogen-bond donors (Lipinski definition) is 1. The van der Waals surface area contributed by atoms with Crippen molar-refractivity contribution in [3.63, 3.8) is 0 Å². The number of nitrogens with two attached hydrogens (primary N) is 1. The first-order chi connectivity index (χ1) is 8.40. The van der Waals surface area contributed by atoms with Crippen LogP contribution in [0.2, 0.25) is 0 Å². The molecule has 0 saturated carbocycles. The van der Waals surface area contributed by atoms with Crippen LogP contribution < -0.4 is 10.5 Å². The summed E-state index contributed by atoms with van der Waals surface area (Å²) in [4.78, 5) is 11.7. The van der Waals surface area contributed by atoms with Crippen molar-refractivity contribution in [2.45, 2.75) is 6.92 Å². The third-order valence-corrected chi connectivity index (χ3v) is 3.45. The van der Waals surface area contributed by atoms with Gasteiger partial charge in [-0.05, 0) is 18.6 Å². The second-order valence-corrected chi connectivity index (χ2v) is 5.26. The third-order valence-electron chi connectivity index (χ3n) is 2.30. The number of benzene rings is 1. The Balaban J connectivity index is 2.24. The summed E-state index contributed by atoms with van der Waals surface area (Å²) in [5.74, 6) is -0.505. The lowest BCUT2D eigenvalue weighted by Gasteiger charge is -2.05. The molecule has 2 N–H and O–H groups in total. The van der Waals surface area contributed by atoms with Crippen LogP contribution in [-0.4, -0.2) is 20.1 Å². The highest BCUT2D eigenvalue weighted by Gasteiger charge is 2.27. The van der Waals surface area contributed by atoms with Crippen LogP contribution in [-0.2, 0) is 14.8 Å². The minimum absolute atomic E-state index is 0.323. The first-order valence-electron chi connectivity index (χ1n) is 5.00. The zero-order valence-electron chi connectivity index (χ0n) is 9.45. The van der Waals surface area contributed by atoms with Gasteiger partial charge in [-0.15, -0.1) is 0 Å². The van der Waals surface area contributed by atoms with Crippen molar-refractivity contribution in [1.29, 1.82) is 0 Å². The van der Waals surface area contributed by atoms with E-state index in [-0.39, 0.29) is 5.71 Å². The average molecular weight is 266 g/mol. The summed E-state index contributed by atoms with van der Waals surface area (Å²) in [6, 6.07) is 6.86. The van der Waals surface area contributed by atoms with Gasteiger partial charge >= 0.3 is 5.97 Å². The third kappa shape index (κ3) is 2.25. The van der Waals surface area contributed by atoms with Crippen LogP contribution in [0.3, 0.4) is 0 Å². The van der Waals surface area contributed by atoms with E-state index >= 15 is 0 Å². The lowest BCUT2D eigenvalue weighted by Crippen LogP contribution is -2.18. The maximum atomic E-state index is 11.7. The highest BCUT2D eigenvalue weighted by molar-refractivity contribution is 7.94. The summed E-state index contributed by atoms with van der Waals surface area (Å²) in [6.07, 6.45) is 0.982. The van der Waals surface area contributed by atoms with E-state index in [9.17, 15) is 13.2 Å². The molecule has 0 aromatic heterocycles. The minimum atomic E-state index is -3.90. The Morgan fingerprint density at radius 3 is 2.56 bits per heavy atom. The topological polar surface area (TPSA) is 98.8 Å². The van der Waals surface area contributed by atoms with Crippen molar-refractivity contribution in [2.75, 3.05) is 0 Å². The molecule has 94 valence electrons. The van der Waals surface area contributed by atoms with Crippen LogP contribution in [0.5, 0.6) is 5.75 Å². The van der Waals surface area contributed by atoms with Crippen molar-refractivity contribution in [2.24, 2.45) is 10.1 Å². The highest BCUT2D eigenvalue weighted by Crippen LogP contribution is 2.18. The number of carbonyl (C=O) groups excluding carboxylic acids is 1. The van der Waals surface area contributed by atoms with Crippen molar-refractivity contribution in [1.82, 2.24) is 0 Å². The van der Waals surface area contributed by atoms with E-state index in [4.69, 9.17) is 10.5 Å². The number of esters is 1. The standard InChI is InChI=1S/C11H10N2O4S/c1-7-4-2-3-5-9(7)17-11(14)8-6-10(12)18(15,16)13-8/h2-6H,12H2,1H3. The number of carbonyl (C=O) groups is 1. The van der Waals surface area contributed by atoms with Crippen LogP contribution in [0, 0.1) is 6.92 Å². The van der Waals surface area contributed by atoms with E-state index in [0.717, 1.165) is 11.6 Å². The summed E-state index contributed by atoms with van der Waals surface area (Å²) < 4.78 is 30.7. The van der Waals surface area contributed by atoms with Crippen LogP contribution in [0.1, 0.15) is 5.56 Å². The molecule has 0 unspecified atom stereocenters. The molecule has 1 aliphatic rings. The Kier molecular flexibility index (Phi) is 2.92. The summed E-state index contributed by atoms with van der Waals surface area (Å²) in [5.41, 5.74) is 5.65. The van der Waals surface area contributed by atoms with Gasteiger partial charge in [0.2, 0.25) is 0 Å². The molecule has 1 aromatic rings. The zero-order chi connectivity index (χ0) is 13.3. The van der Waals surface area contributed by atoms with Crippen molar-refractivity contribution >= 4 is 21.7 Å². The second kappa shape index (κ2) is 4.26. The van der Waals surface area contributed by atoms with Gasteiger partial charge in [0.1, 0.15) is 5.75 Å². The van der Waals surface area contributed by atoms with Gasteiger partial charge < -0.3 is 10.5 Å². The monoisotopic (exact) mass is 266 g/mol. The molecule has 0 saturated heterocycles. The fourth-order valence-corrected chi connectivity index (χ4v) is 2.09. The fourth-order valence-electron chi connectivity index (χ4n) is 1.34. The Labute approximate surface area is 104 Å². The predicted octanol–water partition coefficient (Wildman–Crippen LogP) is 0.485. The van der Waals surface area contributed by atoms with E-state index in [2.05, 4.69) is 4.40 Å². The molecule has 0 aliphatic carbocycles. The average Bonchev–Trinajstić information content (AvgIpc) is 2.57. The molecule has 0 radical (unpaired) electrons. The lowest BCUT2D eigenvalue weighted by atomic mass is 10.2. The van der Waals surface area contributed by atoms with Gasteiger partial charge in [0.25, 0.3) is 10.0 Å². The molecular formula is C11H10N2O4S. The maximum Gasteiger partial charge on any atom is 0.363 e. The smallest absolute Gasteiger partial charge is 0.363 e. The SMILES string of the molecule is Cc1ccccc1OC(=O)C1=NS(=O)(=O)C(N)=C1. The first kappa shape index (κ1) is 12.3. The normalized spacial score (nSPS) is 16.9. The molecule has 2 rings (SSSR count). The largest absolute Gasteiger partial charge is 0.422 e. The Hall–Kier alpha value is -2.15. The lowest BCUT2D eigenvalue weighted by molar-refractivity contribution is -0.126. The van der Waals surface area contributed by atoms with E-state index in [1.807, 2.05) is 0 Å². The Morgan fingerprint density at radius 1 is 1.33 bits per heavy atom. The second-order valence-electron chi connectivity index (χ2n) is 3.65. The molecular weight excluding hydrogens is 256 g/mol. The zero-order valence-corrected chi connectivity index (χ0v) is 10.3. The molecule has 0 atom stereocenters. The van der Waals surface area contributed by atoms with Crippen LogP contribution >= 0.6 is 0 Å². The molecule has 0 spiro atoms. The van der Waals surface area contributed by atoms with Gasteiger partial charge in [-0.1, -0.05) is 18.2 Å². The van der Waals surface area contributed by atoms with Gasteiger partial charge in [-0.25, -0.2) is 4.79 Å². The number of nitrogens with zero attached hydrogens (tertiary/aromatic N) is 1. The number of ether oxygens (including phenoxy) is 1. The van der Waals surface area contributed by atoms with Gasteiger partial charge in [-0.3, -0.25) is 0 Å². The Bertz CT molecular complexity index is 674. The molecule has 0 amide bonds. The van der Waals surface area contributed by atoms with Gasteiger partial charge in [-0.2, -0.15) is 12.8 Å². The summed E-state index contributed by atoms with van der Waals surface area (Å²) >= 11 is 0. The van der Waals surface area contributed by atoms with Crippen LogP contribution in [0.4, 0.5) is 0 Å². The number of para-hydroxylation sites is 1. The molecule has 6 nitrogen and oxygen atoms in total. The quantitative estimate of drug-likeness (QED) is 0.620. The van der Waals surface area contributed by atoms with Crippen molar-refractivity contribution in [3.05, 3.63) is 40.9 Å². The maximum absolute atomic E-state index is 11.7. The van der Waals surface area contributed by atoms with Gasteiger partial charge in [0.05, 0.1) is 0 Å². The summed E-state index contributed by atoms with van der Waals surface area (Å²) in [5, 5.41) is -0.459. The van der Waals surface area contributed by atoms with Gasteiger partial charge in [0.15, 0.2) is 10.7 Å². The minimum Gasteiger partial charge on any atom is -0.422 e. The van der Waals surface area contributed by atoms with Crippen molar-refractivity contribution in [3.8, 4) is 5.75 Å². The van der Waals surface area contributed by atoms with Crippen LogP contribution in [0.15, 0.2) is 39.8 Å². The number of hydrogen-bond acceptors (Lipinski definition) is 5. The van der Waals surface area contributed by atoms with Crippen LogP contribution in [0.25, 0.3) is 0 Å². The molecule has 1 aromatic carbocycles. The van der Waals surface area contributed by atoms with Crippen molar-refractivity contribution < 1.29 is 17.9 Å². The first-order valence-corrected chi connectivity index (χ1v) is 6.44. The summed E-state index contributed by atoms with van der Waals surface area (Å²) in [6.45, 7) is 1.76. The molecule has 18 heavy (non-hydrogen) atoms. The summed E-state index contributed by atoms with van der Waals surface area (Å²) in [7, 11) is -3.90. The molecule has 1 heterocycles.